The van der Waals surface area contributed by atoms with E-state index in [0.29, 0.717) is 6.61 Å². The molecule has 0 amide bonds. The molecule has 94 valence electrons. The van der Waals surface area contributed by atoms with Crippen LogP contribution in [0, 0.1) is 6.92 Å². The molecule has 0 aromatic carbocycles. The Bertz CT molecular complexity index is 402. The summed E-state index contributed by atoms with van der Waals surface area (Å²) in [5, 5.41) is 7.59. The van der Waals surface area contributed by atoms with Crippen LogP contribution >= 0.6 is 0 Å². The SMILES string of the molecule is Cc1cnn([C@H](C)[C@H](C)N[C@H]2CCOC2=O)c1. The Kier molecular flexibility index (Phi) is 3.47. The number of cyclic esters (lactones) is 1. The lowest BCUT2D eigenvalue weighted by Crippen LogP contribution is -2.43. The molecule has 1 N–H and O–H groups in total. The van der Waals surface area contributed by atoms with Crippen molar-refractivity contribution in [3.63, 3.8) is 0 Å². The summed E-state index contributed by atoms with van der Waals surface area (Å²) >= 11 is 0. The fraction of sp³-hybridized carbons (Fsp3) is 0.667. The standard InChI is InChI=1S/C12H19N3O2/c1-8-6-13-15(7-8)10(3)9(2)14-11-4-5-17-12(11)16/h6-7,9-11,14H,4-5H2,1-3H3/t9-,10+,11-/m0/s1. The minimum absolute atomic E-state index is 0.138. The fourth-order valence-corrected chi connectivity index (χ4v) is 1.99. The van der Waals surface area contributed by atoms with Gasteiger partial charge in [0.2, 0.25) is 0 Å². The molecule has 1 aromatic heterocycles. The quantitative estimate of drug-likeness (QED) is 0.795. The van der Waals surface area contributed by atoms with E-state index in [0.717, 1.165) is 12.0 Å². The third kappa shape index (κ3) is 2.66. The molecule has 3 atom stereocenters. The zero-order valence-electron chi connectivity index (χ0n) is 10.5. The Hall–Kier alpha value is -1.36. The number of ether oxygens (including phenoxy) is 1. The van der Waals surface area contributed by atoms with Crippen molar-refractivity contribution in [3.05, 3.63) is 18.0 Å². The number of nitrogens with one attached hydrogen (secondary N) is 1. The first-order valence-electron chi connectivity index (χ1n) is 6.01. The highest BCUT2D eigenvalue weighted by atomic mass is 16.5. The molecule has 0 spiro atoms. The first kappa shape index (κ1) is 12.1. The fourth-order valence-electron chi connectivity index (χ4n) is 1.99. The smallest absolute Gasteiger partial charge is 0.323 e. The third-order valence-corrected chi connectivity index (χ3v) is 3.27. The van der Waals surface area contributed by atoms with Crippen molar-refractivity contribution < 1.29 is 9.53 Å². The number of esters is 1. The van der Waals surface area contributed by atoms with E-state index in [1.54, 1.807) is 0 Å². The number of hydrogen-bond acceptors (Lipinski definition) is 4. The van der Waals surface area contributed by atoms with Crippen LogP contribution in [-0.2, 0) is 9.53 Å². The highest BCUT2D eigenvalue weighted by Crippen LogP contribution is 2.14. The molecular formula is C12H19N3O2. The van der Waals surface area contributed by atoms with E-state index in [-0.39, 0.29) is 24.1 Å². The molecule has 0 unspecified atom stereocenters. The molecule has 17 heavy (non-hydrogen) atoms. The first-order valence-corrected chi connectivity index (χ1v) is 6.01. The molecule has 2 rings (SSSR count). The van der Waals surface area contributed by atoms with Crippen LogP contribution in [0.5, 0.6) is 0 Å². The average Bonchev–Trinajstić information content (AvgIpc) is 2.88. The van der Waals surface area contributed by atoms with Gasteiger partial charge in [-0.2, -0.15) is 5.10 Å². The van der Waals surface area contributed by atoms with Crippen LogP contribution in [0.25, 0.3) is 0 Å². The van der Waals surface area contributed by atoms with Crippen molar-refractivity contribution in [1.29, 1.82) is 0 Å². The maximum absolute atomic E-state index is 11.4. The lowest BCUT2D eigenvalue weighted by molar-refractivity contribution is -0.139. The van der Waals surface area contributed by atoms with Gasteiger partial charge in [0.05, 0.1) is 18.8 Å². The lowest BCUT2D eigenvalue weighted by atomic mass is 10.1. The normalized spacial score (nSPS) is 23.5. The predicted molar refractivity (Wildman–Crippen MR) is 63.6 cm³/mol. The summed E-state index contributed by atoms with van der Waals surface area (Å²) in [6.07, 6.45) is 4.61. The van der Waals surface area contributed by atoms with Crippen molar-refractivity contribution in [2.45, 2.75) is 45.3 Å². The Morgan fingerprint density at radius 1 is 1.59 bits per heavy atom. The van der Waals surface area contributed by atoms with Crippen LogP contribution < -0.4 is 5.32 Å². The summed E-state index contributed by atoms with van der Waals surface area (Å²) in [6, 6.07) is 0.214. The maximum atomic E-state index is 11.4. The van der Waals surface area contributed by atoms with Crippen molar-refractivity contribution in [1.82, 2.24) is 15.1 Å². The summed E-state index contributed by atoms with van der Waals surface area (Å²) in [4.78, 5) is 11.4. The summed E-state index contributed by atoms with van der Waals surface area (Å²) in [5.74, 6) is -0.138. The molecule has 5 heteroatoms. The number of hydrogen-bond donors (Lipinski definition) is 1. The molecule has 1 saturated heterocycles. The van der Waals surface area contributed by atoms with Crippen molar-refractivity contribution in [3.8, 4) is 0 Å². The summed E-state index contributed by atoms with van der Waals surface area (Å²) in [5.41, 5.74) is 1.14. The summed E-state index contributed by atoms with van der Waals surface area (Å²) in [6.45, 7) is 6.69. The molecule has 0 bridgehead atoms. The van der Waals surface area contributed by atoms with E-state index in [9.17, 15) is 4.79 Å². The number of aryl methyl sites for hydroxylation is 1. The second-order valence-corrected chi connectivity index (χ2v) is 4.70. The van der Waals surface area contributed by atoms with E-state index in [1.165, 1.54) is 0 Å². The molecule has 0 aliphatic carbocycles. The van der Waals surface area contributed by atoms with Crippen LogP contribution in [0.2, 0.25) is 0 Å². The highest BCUT2D eigenvalue weighted by molar-refractivity contribution is 5.77. The molecule has 1 aliphatic heterocycles. The highest BCUT2D eigenvalue weighted by Gasteiger charge is 2.29. The zero-order chi connectivity index (χ0) is 12.4. The Labute approximate surface area is 101 Å². The lowest BCUT2D eigenvalue weighted by Gasteiger charge is -2.23. The van der Waals surface area contributed by atoms with Gasteiger partial charge in [0.15, 0.2) is 0 Å². The molecular weight excluding hydrogens is 218 g/mol. The topological polar surface area (TPSA) is 56.1 Å². The zero-order valence-corrected chi connectivity index (χ0v) is 10.5. The third-order valence-electron chi connectivity index (χ3n) is 3.27. The molecule has 1 aromatic rings. The van der Waals surface area contributed by atoms with E-state index in [4.69, 9.17) is 4.74 Å². The maximum Gasteiger partial charge on any atom is 0.323 e. The second-order valence-electron chi connectivity index (χ2n) is 4.70. The first-order chi connectivity index (χ1) is 8.08. The molecule has 1 fully saturated rings. The largest absolute Gasteiger partial charge is 0.464 e. The van der Waals surface area contributed by atoms with Crippen molar-refractivity contribution in [2.75, 3.05) is 6.61 Å². The van der Waals surface area contributed by atoms with Gasteiger partial charge in [-0.3, -0.25) is 14.8 Å². The minimum Gasteiger partial charge on any atom is -0.464 e. The number of carbonyl (C=O) groups excluding carboxylic acids is 1. The van der Waals surface area contributed by atoms with Gasteiger partial charge >= 0.3 is 5.97 Å². The van der Waals surface area contributed by atoms with Crippen LogP contribution in [-0.4, -0.2) is 34.4 Å². The van der Waals surface area contributed by atoms with Gasteiger partial charge < -0.3 is 4.74 Å². The molecule has 1 aliphatic rings. The molecule has 2 heterocycles. The molecule has 0 radical (unpaired) electrons. The number of rotatable bonds is 4. The van der Waals surface area contributed by atoms with Gasteiger partial charge in [-0.15, -0.1) is 0 Å². The predicted octanol–water partition coefficient (Wildman–Crippen LogP) is 1.05. The Morgan fingerprint density at radius 2 is 2.35 bits per heavy atom. The number of nitrogens with zero attached hydrogens (tertiary/aromatic N) is 2. The van der Waals surface area contributed by atoms with Gasteiger partial charge in [-0.05, 0) is 26.3 Å². The second kappa shape index (κ2) is 4.87. The van der Waals surface area contributed by atoms with Gasteiger partial charge in [0, 0.05) is 18.7 Å². The van der Waals surface area contributed by atoms with Gasteiger partial charge in [0.25, 0.3) is 0 Å². The van der Waals surface area contributed by atoms with E-state index in [1.807, 2.05) is 24.0 Å². The van der Waals surface area contributed by atoms with Crippen LogP contribution in [0.4, 0.5) is 0 Å². The van der Waals surface area contributed by atoms with E-state index in [2.05, 4.69) is 24.3 Å². The number of carbonyl (C=O) groups is 1. The number of aromatic nitrogens is 2. The average molecular weight is 237 g/mol. The van der Waals surface area contributed by atoms with E-state index >= 15 is 0 Å². The molecule has 0 saturated carbocycles. The van der Waals surface area contributed by atoms with E-state index < -0.39 is 0 Å². The minimum atomic E-state index is -0.163. The Morgan fingerprint density at radius 3 is 2.88 bits per heavy atom. The van der Waals surface area contributed by atoms with Gasteiger partial charge in [0.1, 0.15) is 6.04 Å². The van der Waals surface area contributed by atoms with Crippen LogP contribution in [0.15, 0.2) is 12.4 Å². The van der Waals surface area contributed by atoms with Crippen molar-refractivity contribution >= 4 is 5.97 Å². The van der Waals surface area contributed by atoms with Crippen LogP contribution in [0.3, 0.4) is 0 Å². The monoisotopic (exact) mass is 237 g/mol. The van der Waals surface area contributed by atoms with Crippen LogP contribution in [0.1, 0.15) is 31.9 Å². The Balaban J connectivity index is 1.95. The summed E-state index contributed by atoms with van der Waals surface area (Å²) < 4.78 is 6.86. The van der Waals surface area contributed by atoms with Crippen molar-refractivity contribution in [2.24, 2.45) is 0 Å². The van der Waals surface area contributed by atoms with Gasteiger partial charge in [-0.25, -0.2) is 0 Å². The summed E-state index contributed by atoms with van der Waals surface area (Å²) in [7, 11) is 0. The molecule has 5 nitrogen and oxygen atoms in total. The van der Waals surface area contributed by atoms with Gasteiger partial charge in [-0.1, -0.05) is 0 Å².